The lowest BCUT2D eigenvalue weighted by molar-refractivity contribution is -0.125. The quantitative estimate of drug-likeness (QED) is 0.267. The van der Waals surface area contributed by atoms with Crippen LogP contribution >= 0.6 is 24.0 Å². The predicted octanol–water partition coefficient (Wildman–Crippen LogP) is 1.67. The molecular formula is C17H26IN5O3. The Morgan fingerprint density at radius 2 is 2.15 bits per heavy atom. The molecule has 3 rings (SSSR count). The van der Waals surface area contributed by atoms with Crippen LogP contribution in [-0.4, -0.2) is 48.0 Å². The van der Waals surface area contributed by atoms with Crippen LogP contribution in [0.4, 0.5) is 4.79 Å². The van der Waals surface area contributed by atoms with E-state index in [4.69, 9.17) is 4.42 Å². The monoisotopic (exact) mass is 475 g/mol. The van der Waals surface area contributed by atoms with Crippen LogP contribution < -0.4 is 16.0 Å². The summed E-state index contributed by atoms with van der Waals surface area (Å²) >= 11 is 0. The molecule has 0 aliphatic carbocycles. The van der Waals surface area contributed by atoms with Gasteiger partial charge in [-0.15, -0.1) is 24.0 Å². The van der Waals surface area contributed by atoms with E-state index in [1.165, 1.54) is 0 Å². The first-order valence-electron chi connectivity index (χ1n) is 8.72. The molecule has 0 radical (unpaired) electrons. The number of nitrogens with one attached hydrogen (secondary N) is 3. The number of guanidine groups is 1. The minimum absolute atomic E-state index is 0. The molecule has 2 saturated heterocycles. The van der Waals surface area contributed by atoms with E-state index in [0.29, 0.717) is 6.54 Å². The van der Waals surface area contributed by atoms with E-state index in [-0.39, 0.29) is 35.8 Å². The third-order valence-corrected chi connectivity index (χ3v) is 4.98. The molecule has 1 aromatic heterocycles. The lowest BCUT2D eigenvalue weighted by Crippen LogP contribution is -2.55. The maximum absolute atomic E-state index is 12.1. The van der Waals surface area contributed by atoms with Crippen LogP contribution in [0.5, 0.6) is 0 Å². The molecule has 8 nitrogen and oxygen atoms in total. The van der Waals surface area contributed by atoms with E-state index < -0.39 is 11.6 Å². The van der Waals surface area contributed by atoms with Crippen LogP contribution in [0.15, 0.2) is 27.8 Å². The van der Waals surface area contributed by atoms with Gasteiger partial charge in [0.05, 0.1) is 6.26 Å². The summed E-state index contributed by atoms with van der Waals surface area (Å²) < 4.78 is 5.33. The Morgan fingerprint density at radius 1 is 1.42 bits per heavy atom. The fraction of sp³-hybridized carbons (Fsp3) is 0.588. The van der Waals surface area contributed by atoms with E-state index in [1.54, 1.807) is 6.26 Å². The van der Waals surface area contributed by atoms with Gasteiger partial charge >= 0.3 is 6.03 Å². The average Bonchev–Trinajstić information content (AvgIpc) is 3.20. The Bertz CT molecular complexity index is 655. The summed E-state index contributed by atoms with van der Waals surface area (Å²) in [4.78, 5) is 30.4. The maximum Gasteiger partial charge on any atom is 0.322 e. The molecule has 0 bridgehead atoms. The molecule has 1 atom stereocenters. The molecular weight excluding hydrogens is 449 g/mol. The molecule has 0 aromatic carbocycles. The fourth-order valence-corrected chi connectivity index (χ4v) is 3.49. The SMILES string of the molecule is CCNC(=NCc1ccco1)N1CCC(C2(C)NC(=O)NC2=O)CC1.I. The molecule has 1 unspecified atom stereocenters. The Kier molecular flexibility index (Phi) is 6.90. The van der Waals surface area contributed by atoms with Crippen molar-refractivity contribution in [2.75, 3.05) is 19.6 Å². The van der Waals surface area contributed by atoms with Gasteiger partial charge in [-0.1, -0.05) is 0 Å². The highest BCUT2D eigenvalue weighted by Gasteiger charge is 2.48. The summed E-state index contributed by atoms with van der Waals surface area (Å²) in [5.41, 5.74) is -0.813. The van der Waals surface area contributed by atoms with E-state index in [1.807, 2.05) is 26.0 Å². The number of nitrogens with zero attached hydrogens (tertiary/aromatic N) is 2. The fourth-order valence-electron chi connectivity index (χ4n) is 3.49. The Hall–Kier alpha value is -1.78. The van der Waals surface area contributed by atoms with E-state index in [9.17, 15) is 9.59 Å². The highest BCUT2D eigenvalue weighted by molar-refractivity contribution is 14.0. The zero-order valence-corrected chi connectivity index (χ0v) is 17.4. The number of carbonyl (C=O) groups excluding carboxylic acids is 2. The van der Waals surface area contributed by atoms with E-state index in [0.717, 1.165) is 44.2 Å². The number of hydrogen-bond donors (Lipinski definition) is 3. The number of piperidine rings is 1. The number of halogens is 1. The number of furan rings is 1. The first-order chi connectivity index (χ1) is 12.0. The van der Waals surface area contributed by atoms with Crippen LogP contribution in [0.1, 0.15) is 32.4 Å². The van der Waals surface area contributed by atoms with Gasteiger partial charge < -0.3 is 20.0 Å². The van der Waals surface area contributed by atoms with Crippen molar-refractivity contribution in [1.29, 1.82) is 0 Å². The summed E-state index contributed by atoms with van der Waals surface area (Å²) in [5.74, 6) is 1.56. The topological polar surface area (TPSA) is 99.0 Å². The van der Waals surface area contributed by atoms with Gasteiger partial charge in [0, 0.05) is 19.6 Å². The average molecular weight is 475 g/mol. The highest BCUT2D eigenvalue weighted by atomic mass is 127. The van der Waals surface area contributed by atoms with Crippen molar-refractivity contribution in [2.24, 2.45) is 10.9 Å². The summed E-state index contributed by atoms with van der Waals surface area (Å²) in [5, 5.41) is 8.44. The number of aliphatic imine (C=N–C) groups is 1. The van der Waals surface area contributed by atoms with Gasteiger partial charge in [-0.05, 0) is 44.7 Å². The lowest BCUT2D eigenvalue weighted by Gasteiger charge is -2.39. The molecule has 2 aliphatic heterocycles. The van der Waals surface area contributed by atoms with Crippen LogP contribution in [0, 0.1) is 5.92 Å². The van der Waals surface area contributed by atoms with Gasteiger partial charge in [-0.3, -0.25) is 10.1 Å². The molecule has 0 spiro atoms. The molecule has 2 aliphatic rings. The first kappa shape index (κ1) is 20.5. The van der Waals surface area contributed by atoms with Crippen molar-refractivity contribution in [3.05, 3.63) is 24.2 Å². The number of rotatable bonds is 4. The van der Waals surface area contributed by atoms with E-state index >= 15 is 0 Å². The number of imide groups is 1. The molecule has 3 N–H and O–H groups in total. The molecule has 26 heavy (non-hydrogen) atoms. The van der Waals surface area contributed by atoms with Crippen molar-refractivity contribution in [3.8, 4) is 0 Å². The second-order valence-corrected chi connectivity index (χ2v) is 6.62. The maximum atomic E-state index is 12.1. The Balaban J connectivity index is 0.00000243. The zero-order chi connectivity index (χ0) is 17.9. The van der Waals surface area contributed by atoms with Crippen LogP contribution in [0.3, 0.4) is 0 Å². The largest absolute Gasteiger partial charge is 0.467 e. The van der Waals surface area contributed by atoms with Gasteiger partial charge in [0.25, 0.3) is 5.91 Å². The smallest absolute Gasteiger partial charge is 0.322 e. The van der Waals surface area contributed by atoms with Crippen molar-refractivity contribution < 1.29 is 14.0 Å². The number of amides is 3. The molecule has 2 fully saturated rings. The normalized spacial score (nSPS) is 24.1. The highest BCUT2D eigenvalue weighted by Crippen LogP contribution is 2.30. The summed E-state index contributed by atoms with van der Waals surface area (Å²) in [7, 11) is 0. The van der Waals surface area contributed by atoms with Gasteiger partial charge in [0.2, 0.25) is 0 Å². The molecule has 3 amide bonds. The zero-order valence-electron chi connectivity index (χ0n) is 15.1. The van der Waals surface area contributed by atoms with Crippen LogP contribution in [0.25, 0.3) is 0 Å². The van der Waals surface area contributed by atoms with Gasteiger partial charge in [0.15, 0.2) is 5.96 Å². The Labute approximate surface area is 170 Å². The summed E-state index contributed by atoms with van der Waals surface area (Å²) in [6, 6.07) is 3.36. The number of urea groups is 1. The van der Waals surface area contributed by atoms with Crippen LogP contribution in [-0.2, 0) is 11.3 Å². The second kappa shape index (κ2) is 8.74. The summed E-state index contributed by atoms with van der Waals surface area (Å²) in [6.07, 6.45) is 3.27. The minimum Gasteiger partial charge on any atom is -0.467 e. The molecule has 0 saturated carbocycles. The van der Waals surface area contributed by atoms with Crippen molar-refractivity contribution in [2.45, 2.75) is 38.8 Å². The molecule has 1 aromatic rings. The first-order valence-corrected chi connectivity index (χ1v) is 8.72. The van der Waals surface area contributed by atoms with Gasteiger partial charge in [-0.25, -0.2) is 9.79 Å². The van der Waals surface area contributed by atoms with E-state index in [2.05, 4.69) is 25.8 Å². The minimum atomic E-state index is -0.813. The number of carbonyl (C=O) groups is 2. The molecule has 144 valence electrons. The summed E-state index contributed by atoms with van der Waals surface area (Å²) in [6.45, 7) is 6.69. The van der Waals surface area contributed by atoms with Crippen molar-refractivity contribution >= 4 is 41.9 Å². The third kappa shape index (κ3) is 4.30. The van der Waals surface area contributed by atoms with Crippen molar-refractivity contribution in [3.63, 3.8) is 0 Å². The molecule has 9 heteroatoms. The number of likely N-dealkylation sites (tertiary alicyclic amines) is 1. The van der Waals surface area contributed by atoms with Gasteiger partial charge in [-0.2, -0.15) is 0 Å². The lowest BCUT2D eigenvalue weighted by atomic mass is 9.79. The predicted molar refractivity (Wildman–Crippen MR) is 108 cm³/mol. The van der Waals surface area contributed by atoms with Gasteiger partial charge in [0.1, 0.15) is 17.8 Å². The number of hydrogen-bond acceptors (Lipinski definition) is 4. The van der Waals surface area contributed by atoms with Crippen LogP contribution in [0.2, 0.25) is 0 Å². The third-order valence-electron chi connectivity index (χ3n) is 4.98. The standard InChI is InChI=1S/C17H25N5O3.HI/c1-3-18-15(19-11-13-5-4-10-25-13)22-8-6-12(7-9-22)17(2)14(23)20-16(24)21-17;/h4-5,10,12H,3,6-9,11H2,1-2H3,(H,18,19)(H2,20,21,23,24);1H. The second-order valence-electron chi connectivity index (χ2n) is 6.62. The van der Waals surface area contributed by atoms with Crippen molar-refractivity contribution in [1.82, 2.24) is 20.9 Å². The molecule has 3 heterocycles. The Morgan fingerprint density at radius 3 is 2.69 bits per heavy atom.